The Labute approximate surface area is 250 Å². The van der Waals surface area contributed by atoms with E-state index in [4.69, 9.17) is 4.98 Å². The molecule has 0 bridgehead atoms. The molecule has 0 unspecified atom stereocenters. The molecule has 6 aromatic carbocycles. The van der Waals surface area contributed by atoms with Crippen molar-refractivity contribution in [3.8, 4) is 22.4 Å². The zero-order chi connectivity index (χ0) is 28.8. The van der Waals surface area contributed by atoms with Crippen molar-refractivity contribution in [3.63, 3.8) is 0 Å². The summed E-state index contributed by atoms with van der Waals surface area (Å²) >= 11 is 0. The minimum Gasteiger partial charge on any atom is -0.310 e. The Morgan fingerprint density at radius 3 is 1.88 bits per heavy atom. The number of imidazole rings is 1. The van der Waals surface area contributed by atoms with E-state index in [1.54, 1.807) is 0 Å². The van der Waals surface area contributed by atoms with Gasteiger partial charge in [-0.25, -0.2) is 4.98 Å². The van der Waals surface area contributed by atoms with Crippen LogP contribution in [0.3, 0.4) is 0 Å². The second kappa shape index (κ2) is 10.3. The molecule has 0 aliphatic rings. The molecule has 204 valence electrons. The Morgan fingerprint density at radius 2 is 1.14 bits per heavy atom. The van der Waals surface area contributed by atoms with Crippen LogP contribution in [0.15, 0.2) is 158 Å². The zero-order valence-electron chi connectivity index (χ0n) is 23.9. The van der Waals surface area contributed by atoms with Crippen LogP contribution in [0.1, 0.15) is 5.56 Å². The lowest BCUT2D eigenvalue weighted by atomic mass is 9.99. The van der Waals surface area contributed by atoms with Gasteiger partial charge in [-0.15, -0.1) is 0 Å². The minimum atomic E-state index is 0.964. The average Bonchev–Trinajstić information content (AvgIpc) is 3.52. The first-order valence-electron chi connectivity index (χ1n) is 14.6. The summed E-state index contributed by atoms with van der Waals surface area (Å²) in [7, 11) is 0. The second-order valence-corrected chi connectivity index (χ2v) is 11.0. The van der Waals surface area contributed by atoms with Crippen molar-refractivity contribution in [3.05, 3.63) is 163 Å². The molecule has 8 rings (SSSR count). The van der Waals surface area contributed by atoms with Gasteiger partial charge in [-0.3, -0.25) is 4.40 Å². The SMILES string of the molecule is Cc1ccc(-c2ccc3c4ccccc4n4c(-c5cccc(N(c6ccccc6)c6ccccc6)c5)cnc4c3c2)cc1. The van der Waals surface area contributed by atoms with E-state index in [1.807, 2.05) is 6.20 Å². The number of anilines is 3. The van der Waals surface area contributed by atoms with E-state index in [9.17, 15) is 0 Å². The molecule has 3 heteroatoms. The molecule has 43 heavy (non-hydrogen) atoms. The number of benzene rings is 6. The normalized spacial score (nSPS) is 11.4. The third-order valence-electron chi connectivity index (χ3n) is 8.27. The molecule has 0 N–H and O–H groups in total. The lowest BCUT2D eigenvalue weighted by molar-refractivity contribution is 1.26. The van der Waals surface area contributed by atoms with Gasteiger partial charge in [-0.2, -0.15) is 0 Å². The maximum atomic E-state index is 5.06. The highest BCUT2D eigenvalue weighted by atomic mass is 15.1. The lowest BCUT2D eigenvalue weighted by Crippen LogP contribution is -2.09. The molecular weight excluding hydrogens is 522 g/mol. The van der Waals surface area contributed by atoms with Gasteiger partial charge < -0.3 is 4.90 Å². The molecule has 0 atom stereocenters. The molecule has 0 saturated carbocycles. The number of hydrogen-bond donors (Lipinski definition) is 0. The van der Waals surface area contributed by atoms with E-state index in [2.05, 4.69) is 168 Å². The van der Waals surface area contributed by atoms with Crippen LogP contribution in [-0.4, -0.2) is 9.38 Å². The number of aryl methyl sites for hydroxylation is 1. The first kappa shape index (κ1) is 25.1. The predicted molar refractivity (Wildman–Crippen MR) is 180 cm³/mol. The van der Waals surface area contributed by atoms with E-state index in [1.165, 1.54) is 27.5 Å². The fourth-order valence-electron chi connectivity index (χ4n) is 6.18. The maximum Gasteiger partial charge on any atom is 0.145 e. The van der Waals surface area contributed by atoms with Crippen LogP contribution in [0.2, 0.25) is 0 Å². The first-order valence-corrected chi connectivity index (χ1v) is 14.6. The van der Waals surface area contributed by atoms with Crippen molar-refractivity contribution < 1.29 is 0 Å². The highest BCUT2D eigenvalue weighted by molar-refractivity contribution is 6.13. The molecule has 3 nitrogen and oxygen atoms in total. The fraction of sp³-hybridized carbons (Fsp3) is 0.0250. The summed E-state index contributed by atoms with van der Waals surface area (Å²) < 4.78 is 2.32. The van der Waals surface area contributed by atoms with Gasteiger partial charge in [0.2, 0.25) is 0 Å². The van der Waals surface area contributed by atoms with Crippen molar-refractivity contribution in [1.82, 2.24) is 9.38 Å². The number of aromatic nitrogens is 2. The summed E-state index contributed by atoms with van der Waals surface area (Å²) in [6.45, 7) is 2.12. The van der Waals surface area contributed by atoms with Gasteiger partial charge in [0.15, 0.2) is 0 Å². The topological polar surface area (TPSA) is 20.5 Å². The van der Waals surface area contributed by atoms with Gasteiger partial charge in [0.25, 0.3) is 0 Å². The van der Waals surface area contributed by atoms with E-state index in [0.717, 1.165) is 44.9 Å². The Kier molecular flexibility index (Phi) is 6.01. The van der Waals surface area contributed by atoms with Crippen LogP contribution in [-0.2, 0) is 0 Å². The summed E-state index contributed by atoms with van der Waals surface area (Å²) in [5.74, 6) is 0. The minimum absolute atomic E-state index is 0.964. The van der Waals surface area contributed by atoms with Crippen molar-refractivity contribution in [2.75, 3.05) is 4.90 Å². The number of para-hydroxylation sites is 3. The molecule has 0 saturated heterocycles. The van der Waals surface area contributed by atoms with Crippen LogP contribution in [0.4, 0.5) is 17.1 Å². The maximum absolute atomic E-state index is 5.06. The highest BCUT2D eigenvalue weighted by Crippen LogP contribution is 2.39. The fourth-order valence-corrected chi connectivity index (χ4v) is 6.18. The molecule has 2 aromatic heterocycles. The molecule has 0 aliphatic carbocycles. The van der Waals surface area contributed by atoms with Crippen LogP contribution < -0.4 is 4.90 Å². The van der Waals surface area contributed by atoms with Gasteiger partial charge in [-0.1, -0.05) is 109 Å². The monoisotopic (exact) mass is 551 g/mol. The number of fused-ring (bicyclic) bond motifs is 6. The third-order valence-corrected chi connectivity index (χ3v) is 8.27. The van der Waals surface area contributed by atoms with Gasteiger partial charge in [0, 0.05) is 33.4 Å². The van der Waals surface area contributed by atoms with Gasteiger partial charge in [0.05, 0.1) is 17.4 Å². The summed E-state index contributed by atoms with van der Waals surface area (Å²) in [4.78, 5) is 7.36. The standard InChI is InChI=1S/C40H29N3/c1-28-19-21-29(22-20-28)30-23-24-35-36-17-8-9-18-38(36)43-39(27-41-40(43)37(35)26-30)31-11-10-16-34(25-31)42(32-12-4-2-5-13-32)33-14-6-3-7-15-33/h2-27H,1H3. The van der Waals surface area contributed by atoms with Crippen LogP contribution in [0, 0.1) is 6.92 Å². The van der Waals surface area contributed by atoms with E-state index in [-0.39, 0.29) is 0 Å². The lowest BCUT2D eigenvalue weighted by Gasteiger charge is -2.25. The molecule has 0 amide bonds. The van der Waals surface area contributed by atoms with Gasteiger partial charge in [-0.05, 0) is 72.0 Å². The van der Waals surface area contributed by atoms with Crippen LogP contribution >= 0.6 is 0 Å². The van der Waals surface area contributed by atoms with Crippen LogP contribution in [0.5, 0.6) is 0 Å². The zero-order valence-corrected chi connectivity index (χ0v) is 23.9. The summed E-state index contributed by atoms with van der Waals surface area (Å²) in [6.07, 6.45) is 2.02. The van der Waals surface area contributed by atoms with E-state index in [0.29, 0.717) is 0 Å². The number of pyridine rings is 1. The van der Waals surface area contributed by atoms with Crippen molar-refractivity contribution >= 4 is 44.4 Å². The average molecular weight is 552 g/mol. The van der Waals surface area contributed by atoms with Crippen molar-refractivity contribution in [2.45, 2.75) is 6.92 Å². The molecule has 0 spiro atoms. The molecular formula is C40H29N3. The summed E-state index contributed by atoms with van der Waals surface area (Å²) in [5.41, 5.74) is 11.3. The molecule has 0 radical (unpaired) electrons. The van der Waals surface area contributed by atoms with Crippen molar-refractivity contribution in [1.29, 1.82) is 0 Å². The Bertz CT molecular complexity index is 2190. The first-order chi connectivity index (χ1) is 21.2. The molecule has 0 fully saturated rings. The Morgan fingerprint density at radius 1 is 0.488 bits per heavy atom. The van der Waals surface area contributed by atoms with E-state index < -0.39 is 0 Å². The largest absolute Gasteiger partial charge is 0.310 e. The smallest absolute Gasteiger partial charge is 0.145 e. The quantitative estimate of drug-likeness (QED) is 0.198. The summed E-state index contributed by atoms with van der Waals surface area (Å²) in [6, 6.07) is 54.0. The Hall–Kier alpha value is -5.67. The summed E-state index contributed by atoms with van der Waals surface area (Å²) in [5, 5.41) is 3.57. The number of nitrogens with zero attached hydrogens (tertiary/aromatic N) is 3. The van der Waals surface area contributed by atoms with E-state index >= 15 is 0 Å². The molecule has 2 heterocycles. The molecule has 0 aliphatic heterocycles. The number of rotatable bonds is 5. The highest BCUT2D eigenvalue weighted by Gasteiger charge is 2.17. The van der Waals surface area contributed by atoms with Crippen molar-refractivity contribution in [2.24, 2.45) is 0 Å². The van der Waals surface area contributed by atoms with Gasteiger partial charge >= 0.3 is 0 Å². The second-order valence-electron chi connectivity index (χ2n) is 11.0. The Balaban J connectivity index is 1.34. The predicted octanol–water partition coefficient (Wildman–Crippen LogP) is 10.8. The molecule has 8 aromatic rings. The third kappa shape index (κ3) is 4.34. The number of hydrogen-bond acceptors (Lipinski definition) is 2. The van der Waals surface area contributed by atoms with Crippen LogP contribution in [0.25, 0.3) is 49.7 Å². The van der Waals surface area contributed by atoms with Gasteiger partial charge in [0.1, 0.15) is 5.65 Å².